The molecule has 2 N–H and O–H groups in total. The van der Waals surface area contributed by atoms with Gasteiger partial charge in [-0.2, -0.15) is 0 Å². The minimum absolute atomic E-state index is 0.0799. The Bertz CT molecular complexity index is 774. The van der Waals surface area contributed by atoms with E-state index in [2.05, 4.69) is 15.5 Å². The number of nitrogens with zero attached hydrogens (tertiary/aromatic N) is 3. The zero-order valence-corrected chi connectivity index (χ0v) is 14.6. The van der Waals surface area contributed by atoms with Crippen LogP contribution in [0.4, 0.5) is 4.39 Å². The van der Waals surface area contributed by atoms with Crippen molar-refractivity contribution in [2.75, 3.05) is 0 Å². The van der Waals surface area contributed by atoms with Crippen molar-refractivity contribution >= 4 is 17.5 Å². The Morgan fingerprint density at radius 1 is 1.44 bits per heavy atom. The second kappa shape index (κ2) is 7.49. The molecule has 8 heteroatoms. The molecule has 3 rings (SSSR count). The van der Waals surface area contributed by atoms with Gasteiger partial charge in [-0.1, -0.05) is 17.7 Å². The summed E-state index contributed by atoms with van der Waals surface area (Å²) in [5.41, 5.74) is 0.606. The number of benzene rings is 1. The summed E-state index contributed by atoms with van der Waals surface area (Å²) in [6.07, 6.45) is 1.69. The van der Waals surface area contributed by atoms with Crippen molar-refractivity contribution in [2.45, 2.75) is 51.3 Å². The monoisotopic (exact) mass is 366 g/mol. The molecule has 1 aromatic heterocycles. The minimum atomic E-state index is -0.418. The first-order chi connectivity index (χ1) is 12.0. The van der Waals surface area contributed by atoms with E-state index in [1.165, 1.54) is 18.2 Å². The second-order valence-electron chi connectivity index (χ2n) is 6.22. The molecular formula is C17H20ClFN4O2. The molecule has 0 radical (unpaired) electrons. The van der Waals surface area contributed by atoms with Crippen LogP contribution in [-0.4, -0.2) is 31.8 Å². The Hall–Kier alpha value is -1.99. The van der Waals surface area contributed by atoms with E-state index in [9.17, 15) is 14.3 Å². The summed E-state index contributed by atoms with van der Waals surface area (Å²) in [6, 6.07) is 4.11. The SMILES string of the molecule is CCn1c(CO)nnc1C1CC(NC(=O)Cc2ccc(F)cc2Cl)C1. The molecule has 0 aliphatic heterocycles. The van der Waals surface area contributed by atoms with Gasteiger partial charge in [0.2, 0.25) is 5.91 Å². The molecule has 6 nitrogen and oxygen atoms in total. The summed E-state index contributed by atoms with van der Waals surface area (Å²) >= 11 is 5.95. The molecular weight excluding hydrogens is 347 g/mol. The highest BCUT2D eigenvalue weighted by molar-refractivity contribution is 6.31. The van der Waals surface area contributed by atoms with Crippen molar-refractivity contribution in [3.05, 3.63) is 46.3 Å². The average Bonchev–Trinajstić information content (AvgIpc) is 2.95. The van der Waals surface area contributed by atoms with Crippen LogP contribution in [0.3, 0.4) is 0 Å². The molecule has 25 heavy (non-hydrogen) atoms. The predicted molar refractivity (Wildman–Crippen MR) is 90.6 cm³/mol. The molecule has 1 fully saturated rings. The Labute approximate surface area is 150 Å². The van der Waals surface area contributed by atoms with Crippen LogP contribution in [0.1, 0.15) is 42.9 Å². The fourth-order valence-corrected chi connectivity index (χ4v) is 3.41. The highest BCUT2D eigenvalue weighted by Crippen LogP contribution is 2.36. The molecule has 0 atom stereocenters. The molecule has 0 saturated heterocycles. The van der Waals surface area contributed by atoms with Gasteiger partial charge in [-0.3, -0.25) is 4.79 Å². The molecule has 1 aromatic carbocycles. The molecule has 0 unspecified atom stereocenters. The van der Waals surface area contributed by atoms with E-state index < -0.39 is 5.82 Å². The maximum atomic E-state index is 13.0. The first-order valence-corrected chi connectivity index (χ1v) is 8.65. The fraction of sp³-hybridized carbons (Fsp3) is 0.471. The molecule has 1 aliphatic carbocycles. The Balaban J connectivity index is 1.53. The fourth-order valence-electron chi connectivity index (χ4n) is 3.18. The van der Waals surface area contributed by atoms with Gasteiger partial charge in [-0.05, 0) is 37.5 Å². The van der Waals surface area contributed by atoms with E-state index in [0.717, 1.165) is 18.7 Å². The Kier molecular flexibility index (Phi) is 5.34. The van der Waals surface area contributed by atoms with Crippen molar-refractivity contribution in [3.63, 3.8) is 0 Å². The van der Waals surface area contributed by atoms with E-state index in [4.69, 9.17) is 11.6 Å². The van der Waals surface area contributed by atoms with Crippen LogP contribution >= 0.6 is 11.6 Å². The lowest BCUT2D eigenvalue weighted by atomic mass is 9.79. The zero-order valence-electron chi connectivity index (χ0n) is 13.9. The van der Waals surface area contributed by atoms with Crippen molar-refractivity contribution in [2.24, 2.45) is 0 Å². The van der Waals surface area contributed by atoms with Crippen LogP contribution in [0, 0.1) is 5.82 Å². The number of rotatable bonds is 6. The topological polar surface area (TPSA) is 80.0 Å². The van der Waals surface area contributed by atoms with E-state index in [-0.39, 0.29) is 35.9 Å². The molecule has 2 aromatic rings. The van der Waals surface area contributed by atoms with E-state index >= 15 is 0 Å². The first kappa shape index (κ1) is 17.8. The maximum absolute atomic E-state index is 13.0. The number of aliphatic hydroxyl groups is 1. The van der Waals surface area contributed by atoms with E-state index in [1.807, 2.05) is 11.5 Å². The summed E-state index contributed by atoms with van der Waals surface area (Å²) in [4.78, 5) is 12.1. The quantitative estimate of drug-likeness (QED) is 0.821. The average molecular weight is 367 g/mol. The van der Waals surface area contributed by atoms with Crippen LogP contribution in [0.5, 0.6) is 0 Å². The number of carbonyl (C=O) groups excluding carboxylic acids is 1. The van der Waals surface area contributed by atoms with Crippen molar-refractivity contribution in [3.8, 4) is 0 Å². The molecule has 134 valence electrons. The van der Waals surface area contributed by atoms with Crippen LogP contribution in [0.2, 0.25) is 5.02 Å². The van der Waals surface area contributed by atoms with Crippen molar-refractivity contribution in [1.82, 2.24) is 20.1 Å². The molecule has 0 spiro atoms. The standard InChI is InChI=1S/C17H20ClFN4O2/c1-2-23-15(9-24)21-22-17(23)11-5-13(6-11)20-16(25)7-10-3-4-12(19)8-14(10)18/h3-4,8,11,13,24H,2,5-7,9H2,1H3,(H,20,25). The highest BCUT2D eigenvalue weighted by atomic mass is 35.5. The number of hydrogen-bond donors (Lipinski definition) is 2. The van der Waals surface area contributed by atoms with Gasteiger partial charge in [0.25, 0.3) is 0 Å². The van der Waals surface area contributed by atoms with Crippen LogP contribution in [0.25, 0.3) is 0 Å². The van der Waals surface area contributed by atoms with E-state index in [1.54, 1.807) is 0 Å². The lowest BCUT2D eigenvalue weighted by Crippen LogP contribution is -2.44. The third kappa shape index (κ3) is 3.82. The van der Waals surface area contributed by atoms with Crippen molar-refractivity contribution in [1.29, 1.82) is 0 Å². The van der Waals surface area contributed by atoms with Crippen LogP contribution in [0.15, 0.2) is 18.2 Å². The van der Waals surface area contributed by atoms with Gasteiger partial charge in [0.1, 0.15) is 18.2 Å². The third-order valence-electron chi connectivity index (χ3n) is 4.55. The minimum Gasteiger partial charge on any atom is -0.388 e. The maximum Gasteiger partial charge on any atom is 0.224 e. The number of carbonyl (C=O) groups is 1. The van der Waals surface area contributed by atoms with Gasteiger partial charge < -0.3 is 15.0 Å². The van der Waals surface area contributed by atoms with Crippen molar-refractivity contribution < 1.29 is 14.3 Å². The molecule has 0 bridgehead atoms. The number of halogens is 2. The molecule has 1 heterocycles. The molecule has 1 saturated carbocycles. The van der Waals surface area contributed by atoms with Gasteiger partial charge in [-0.15, -0.1) is 10.2 Å². The second-order valence-corrected chi connectivity index (χ2v) is 6.63. The van der Waals surface area contributed by atoms with Crippen LogP contribution < -0.4 is 5.32 Å². The molecule has 1 amide bonds. The van der Waals surface area contributed by atoms with Gasteiger partial charge in [0, 0.05) is 23.5 Å². The number of amides is 1. The number of hydrogen-bond acceptors (Lipinski definition) is 4. The van der Waals surface area contributed by atoms with E-state index in [0.29, 0.717) is 17.9 Å². The normalized spacial score (nSPS) is 19.5. The zero-order chi connectivity index (χ0) is 18.0. The Morgan fingerprint density at radius 3 is 2.84 bits per heavy atom. The van der Waals surface area contributed by atoms with Gasteiger partial charge in [0.15, 0.2) is 5.82 Å². The summed E-state index contributed by atoms with van der Waals surface area (Å²) in [5.74, 6) is 1.10. The highest BCUT2D eigenvalue weighted by Gasteiger charge is 2.35. The number of nitrogens with one attached hydrogen (secondary N) is 1. The smallest absolute Gasteiger partial charge is 0.224 e. The largest absolute Gasteiger partial charge is 0.388 e. The summed E-state index contributed by atoms with van der Waals surface area (Å²) in [7, 11) is 0. The Morgan fingerprint density at radius 2 is 2.20 bits per heavy atom. The predicted octanol–water partition coefficient (Wildman–Crippen LogP) is 2.19. The van der Waals surface area contributed by atoms with Crippen LogP contribution in [-0.2, 0) is 24.4 Å². The number of aromatic nitrogens is 3. The number of aliphatic hydroxyl groups excluding tert-OH is 1. The third-order valence-corrected chi connectivity index (χ3v) is 4.90. The summed E-state index contributed by atoms with van der Waals surface area (Å²) in [6.45, 7) is 2.55. The molecule has 1 aliphatic rings. The van der Waals surface area contributed by atoms with Gasteiger partial charge >= 0.3 is 0 Å². The van der Waals surface area contributed by atoms with Gasteiger partial charge in [-0.25, -0.2) is 4.39 Å². The first-order valence-electron chi connectivity index (χ1n) is 8.28. The lowest BCUT2D eigenvalue weighted by Gasteiger charge is -2.35. The summed E-state index contributed by atoms with van der Waals surface area (Å²) < 4.78 is 15.0. The summed E-state index contributed by atoms with van der Waals surface area (Å²) in [5, 5.41) is 20.7. The van der Waals surface area contributed by atoms with Gasteiger partial charge in [0.05, 0.1) is 6.42 Å². The lowest BCUT2D eigenvalue weighted by molar-refractivity contribution is -0.121.